The van der Waals surface area contributed by atoms with Crippen LogP contribution in [0.4, 0.5) is 0 Å². The Balaban J connectivity index is 2.07. The maximum atomic E-state index is 3.65. The standard InChI is InChI=1S/C17H28N2S/c1-14(2)11-18-12-17(16-7-5-4-6-8-16)19-9-10-20-13-15(19)3/h4-8,14-15,17-18H,9-13H2,1-3H3. The zero-order chi connectivity index (χ0) is 14.4. The van der Waals surface area contributed by atoms with E-state index in [0.29, 0.717) is 18.0 Å². The molecular weight excluding hydrogens is 264 g/mol. The summed E-state index contributed by atoms with van der Waals surface area (Å²) in [5.74, 6) is 3.23. The van der Waals surface area contributed by atoms with Crippen LogP contribution in [0.5, 0.6) is 0 Å². The molecule has 2 atom stereocenters. The van der Waals surface area contributed by atoms with E-state index in [1.54, 1.807) is 0 Å². The highest BCUT2D eigenvalue weighted by Gasteiger charge is 2.27. The van der Waals surface area contributed by atoms with Crippen molar-refractivity contribution in [2.24, 2.45) is 5.92 Å². The fourth-order valence-corrected chi connectivity index (χ4v) is 3.85. The Morgan fingerprint density at radius 2 is 2.00 bits per heavy atom. The van der Waals surface area contributed by atoms with Gasteiger partial charge >= 0.3 is 0 Å². The van der Waals surface area contributed by atoms with Crippen LogP contribution in [0.15, 0.2) is 30.3 Å². The first-order valence-electron chi connectivity index (χ1n) is 7.77. The van der Waals surface area contributed by atoms with Crippen LogP contribution in [0, 0.1) is 5.92 Å². The monoisotopic (exact) mass is 292 g/mol. The average molecular weight is 292 g/mol. The molecule has 0 amide bonds. The van der Waals surface area contributed by atoms with E-state index in [1.165, 1.54) is 23.6 Å². The average Bonchev–Trinajstić information content (AvgIpc) is 2.45. The molecule has 1 aliphatic heterocycles. The van der Waals surface area contributed by atoms with Crippen LogP contribution in [0.1, 0.15) is 32.4 Å². The summed E-state index contributed by atoms with van der Waals surface area (Å²) in [5.41, 5.74) is 1.45. The Morgan fingerprint density at radius 3 is 2.65 bits per heavy atom. The third-order valence-corrected chi connectivity index (χ3v) is 5.08. The van der Waals surface area contributed by atoms with E-state index in [0.717, 1.165) is 13.1 Å². The van der Waals surface area contributed by atoms with E-state index in [2.05, 4.69) is 73.1 Å². The van der Waals surface area contributed by atoms with Gasteiger partial charge in [-0.05, 0) is 24.9 Å². The summed E-state index contributed by atoms with van der Waals surface area (Å²) >= 11 is 2.09. The topological polar surface area (TPSA) is 15.3 Å². The molecule has 1 aliphatic rings. The largest absolute Gasteiger partial charge is 0.315 e. The van der Waals surface area contributed by atoms with Gasteiger partial charge in [-0.15, -0.1) is 0 Å². The normalized spacial score (nSPS) is 22.1. The van der Waals surface area contributed by atoms with E-state index in [1.807, 2.05) is 0 Å². The van der Waals surface area contributed by atoms with Gasteiger partial charge in [-0.1, -0.05) is 44.2 Å². The van der Waals surface area contributed by atoms with E-state index in [-0.39, 0.29) is 0 Å². The maximum Gasteiger partial charge on any atom is 0.0476 e. The molecule has 0 aliphatic carbocycles. The van der Waals surface area contributed by atoms with Crippen LogP contribution in [0.3, 0.4) is 0 Å². The molecule has 112 valence electrons. The molecule has 0 aromatic heterocycles. The zero-order valence-corrected chi connectivity index (χ0v) is 13.8. The first kappa shape index (κ1) is 15.9. The molecule has 1 heterocycles. The van der Waals surface area contributed by atoms with Gasteiger partial charge in [0.1, 0.15) is 0 Å². The molecule has 0 bridgehead atoms. The van der Waals surface area contributed by atoms with Crippen molar-refractivity contribution in [3.8, 4) is 0 Å². The van der Waals surface area contributed by atoms with Crippen LogP contribution < -0.4 is 5.32 Å². The summed E-state index contributed by atoms with van der Waals surface area (Å²) in [6.07, 6.45) is 0. The van der Waals surface area contributed by atoms with Crippen LogP contribution in [-0.4, -0.2) is 42.1 Å². The third kappa shape index (κ3) is 4.51. The predicted octanol–water partition coefficient (Wildman–Crippen LogP) is 3.41. The number of rotatable bonds is 6. The summed E-state index contributed by atoms with van der Waals surface area (Å²) in [7, 11) is 0. The van der Waals surface area contributed by atoms with Gasteiger partial charge in [-0.2, -0.15) is 11.8 Å². The lowest BCUT2D eigenvalue weighted by Crippen LogP contribution is -2.46. The van der Waals surface area contributed by atoms with Gasteiger partial charge in [0, 0.05) is 36.7 Å². The minimum atomic E-state index is 0.505. The number of thioether (sulfide) groups is 1. The lowest BCUT2D eigenvalue weighted by molar-refractivity contribution is 0.157. The highest BCUT2D eigenvalue weighted by molar-refractivity contribution is 7.99. The molecule has 0 radical (unpaired) electrons. The minimum Gasteiger partial charge on any atom is -0.315 e. The molecule has 2 rings (SSSR count). The summed E-state index contributed by atoms with van der Waals surface area (Å²) in [6, 6.07) is 12.2. The predicted molar refractivity (Wildman–Crippen MR) is 90.4 cm³/mol. The van der Waals surface area contributed by atoms with Gasteiger partial charge in [0.25, 0.3) is 0 Å². The van der Waals surface area contributed by atoms with Crippen molar-refractivity contribution in [3.63, 3.8) is 0 Å². The van der Waals surface area contributed by atoms with Crippen molar-refractivity contribution >= 4 is 11.8 Å². The van der Waals surface area contributed by atoms with Gasteiger partial charge in [-0.25, -0.2) is 0 Å². The Labute approximate surface area is 128 Å². The molecule has 1 saturated heterocycles. The quantitative estimate of drug-likeness (QED) is 0.865. The molecule has 20 heavy (non-hydrogen) atoms. The summed E-state index contributed by atoms with van der Waals surface area (Å²) in [4.78, 5) is 2.68. The number of nitrogens with zero attached hydrogens (tertiary/aromatic N) is 1. The lowest BCUT2D eigenvalue weighted by Gasteiger charge is -2.40. The van der Waals surface area contributed by atoms with Gasteiger partial charge in [0.15, 0.2) is 0 Å². The molecule has 0 saturated carbocycles. The lowest BCUT2D eigenvalue weighted by atomic mass is 10.0. The fourth-order valence-electron chi connectivity index (χ4n) is 2.81. The Bertz CT molecular complexity index is 380. The first-order valence-corrected chi connectivity index (χ1v) is 8.93. The molecule has 1 fully saturated rings. The van der Waals surface area contributed by atoms with Crippen molar-refractivity contribution in [1.29, 1.82) is 0 Å². The van der Waals surface area contributed by atoms with Gasteiger partial charge < -0.3 is 5.32 Å². The molecule has 2 unspecified atom stereocenters. The Hall–Kier alpha value is -0.510. The molecule has 1 N–H and O–H groups in total. The number of hydrogen-bond donors (Lipinski definition) is 1. The Kier molecular flexibility index (Phi) is 6.40. The first-order chi connectivity index (χ1) is 9.68. The molecule has 0 spiro atoms. The summed E-state index contributed by atoms with van der Waals surface area (Å²) in [5, 5.41) is 3.65. The smallest absolute Gasteiger partial charge is 0.0476 e. The van der Waals surface area contributed by atoms with Gasteiger partial charge in [0.2, 0.25) is 0 Å². The molecule has 1 aromatic carbocycles. The number of hydrogen-bond acceptors (Lipinski definition) is 3. The van der Waals surface area contributed by atoms with Gasteiger partial charge in [-0.3, -0.25) is 4.90 Å². The minimum absolute atomic E-state index is 0.505. The van der Waals surface area contributed by atoms with Crippen molar-refractivity contribution in [1.82, 2.24) is 10.2 Å². The SMILES string of the molecule is CC(C)CNCC(c1ccccc1)N1CCSCC1C. The van der Waals surface area contributed by atoms with Crippen LogP contribution >= 0.6 is 11.8 Å². The molecule has 1 aromatic rings. The maximum absolute atomic E-state index is 3.65. The van der Waals surface area contributed by atoms with Crippen molar-refractivity contribution in [2.45, 2.75) is 32.9 Å². The fraction of sp³-hybridized carbons (Fsp3) is 0.647. The third-order valence-electron chi connectivity index (χ3n) is 3.89. The summed E-state index contributed by atoms with van der Waals surface area (Å²) < 4.78 is 0. The van der Waals surface area contributed by atoms with E-state index >= 15 is 0 Å². The van der Waals surface area contributed by atoms with Crippen LogP contribution in [0.2, 0.25) is 0 Å². The van der Waals surface area contributed by atoms with E-state index in [4.69, 9.17) is 0 Å². The second-order valence-corrected chi connectivity index (χ2v) is 7.29. The van der Waals surface area contributed by atoms with Crippen LogP contribution in [-0.2, 0) is 0 Å². The highest BCUT2D eigenvalue weighted by atomic mass is 32.2. The van der Waals surface area contributed by atoms with Gasteiger partial charge in [0.05, 0.1) is 0 Å². The second kappa shape index (κ2) is 8.06. The number of benzene rings is 1. The Morgan fingerprint density at radius 1 is 1.25 bits per heavy atom. The van der Waals surface area contributed by atoms with E-state index in [9.17, 15) is 0 Å². The summed E-state index contributed by atoms with van der Waals surface area (Å²) in [6.45, 7) is 10.3. The highest BCUT2D eigenvalue weighted by Crippen LogP contribution is 2.27. The van der Waals surface area contributed by atoms with Crippen molar-refractivity contribution in [2.75, 3.05) is 31.1 Å². The zero-order valence-electron chi connectivity index (χ0n) is 13.0. The van der Waals surface area contributed by atoms with E-state index < -0.39 is 0 Å². The molecule has 3 heteroatoms. The second-order valence-electron chi connectivity index (χ2n) is 6.14. The van der Waals surface area contributed by atoms with Crippen molar-refractivity contribution in [3.05, 3.63) is 35.9 Å². The van der Waals surface area contributed by atoms with Crippen molar-refractivity contribution < 1.29 is 0 Å². The molecule has 2 nitrogen and oxygen atoms in total. The number of nitrogens with one attached hydrogen (secondary N) is 1. The van der Waals surface area contributed by atoms with Crippen LogP contribution in [0.25, 0.3) is 0 Å². The molecular formula is C17H28N2S.